The maximum absolute atomic E-state index is 11.7. The van der Waals surface area contributed by atoms with Gasteiger partial charge in [-0.1, -0.05) is 19.1 Å². The lowest BCUT2D eigenvalue weighted by Crippen LogP contribution is -2.39. The fourth-order valence-corrected chi connectivity index (χ4v) is 1.77. The van der Waals surface area contributed by atoms with Gasteiger partial charge in [-0.05, 0) is 25.7 Å². The van der Waals surface area contributed by atoms with Crippen molar-refractivity contribution >= 4 is 11.9 Å². The van der Waals surface area contributed by atoms with E-state index in [4.69, 9.17) is 10.2 Å². The second-order valence-electron chi connectivity index (χ2n) is 4.87. The molecule has 0 aliphatic carbocycles. The molecule has 6 nitrogen and oxygen atoms in total. The van der Waals surface area contributed by atoms with Gasteiger partial charge in [-0.15, -0.1) is 0 Å². The van der Waals surface area contributed by atoms with Crippen LogP contribution < -0.4 is 5.32 Å². The monoisotopic (exact) mass is 300 g/mol. The van der Waals surface area contributed by atoms with Gasteiger partial charge in [0.25, 0.3) is 0 Å². The second kappa shape index (κ2) is 13.6. The highest BCUT2D eigenvalue weighted by molar-refractivity contribution is 5.75. The van der Waals surface area contributed by atoms with E-state index in [2.05, 4.69) is 24.4 Å². The molecule has 0 saturated heterocycles. The van der Waals surface area contributed by atoms with Gasteiger partial charge >= 0.3 is 5.97 Å². The number of aliphatic hydroxyl groups is 1. The Kier molecular flexibility index (Phi) is 12.7. The summed E-state index contributed by atoms with van der Waals surface area (Å²) < 4.78 is 0. The largest absolute Gasteiger partial charge is 0.481 e. The third-order valence-corrected chi connectivity index (χ3v) is 2.95. The summed E-state index contributed by atoms with van der Waals surface area (Å²) in [5.41, 5.74) is 0. The number of hydrogen-bond acceptors (Lipinski definition) is 4. The molecule has 0 spiro atoms. The van der Waals surface area contributed by atoms with Gasteiger partial charge in [0.1, 0.15) is 0 Å². The smallest absolute Gasteiger partial charge is 0.304 e. The predicted octanol–water partition coefficient (Wildman–Crippen LogP) is 1.36. The Labute approximate surface area is 126 Å². The molecule has 0 heterocycles. The van der Waals surface area contributed by atoms with Gasteiger partial charge in [0.05, 0.1) is 13.1 Å². The number of carboxylic acids is 1. The second-order valence-corrected chi connectivity index (χ2v) is 4.87. The molecule has 3 N–H and O–H groups in total. The van der Waals surface area contributed by atoms with E-state index >= 15 is 0 Å². The highest BCUT2D eigenvalue weighted by Crippen LogP contribution is 1.98. The molecule has 0 unspecified atom stereocenters. The van der Waals surface area contributed by atoms with E-state index in [1.807, 2.05) is 4.90 Å². The Morgan fingerprint density at radius 1 is 1.14 bits per heavy atom. The van der Waals surface area contributed by atoms with E-state index in [0.29, 0.717) is 32.6 Å². The van der Waals surface area contributed by atoms with Crippen LogP contribution in [0.25, 0.3) is 0 Å². The van der Waals surface area contributed by atoms with Crippen LogP contribution in [-0.4, -0.2) is 53.4 Å². The van der Waals surface area contributed by atoms with E-state index in [0.717, 1.165) is 19.3 Å². The number of nitrogens with zero attached hydrogens (tertiary/aromatic N) is 1. The number of aliphatic carboxylic acids is 1. The Morgan fingerprint density at radius 3 is 2.52 bits per heavy atom. The zero-order valence-corrected chi connectivity index (χ0v) is 12.9. The summed E-state index contributed by atoms with van der Waals surface area (Å²) in [6, 6.07) is 0. The Hall–Kier alpha value is -1.40. The molecule has 0 radical (unpaired) electrons. The number of allylic oxidation sites excluding steroid dienone is 2. The highest BCUT2D eigenvalue weighted by Gasteiger charge is 2.08. The SMILES string of the molecule is CC/C=C/CCCC(=O)NCN(CCCO)CCC(=O)O. The molecule has 0 fully saturated rings. The third-order valence-electron chi connectivity index (χ3n) is 2.95. The van der Waals surface area contributed by atoms with Crippen LogP contribution in [-0.2, 0) is 9.59 Å². The number of aliphatic hydroxyl groups excluding tert-OH is 1. The van der Waals surface area contributed by atoms with Crippen LogP contribution in [0.5, 0.6) is 0 Å². The number of hydrogen-bond donors (Lipinski definition) is 3. The van der Waals surface area contributed by atoms with E-state index < -0.39 is 5.97 Å². The maximum Gasteiger partial charge on any atom is 0.304 e. The fraction of sp³-hybridized carbons (Fsp3) is 0.733. The van der Waals surface area contributed by atoms with Crippen molar-refractivity contribution in [3.8, 4) is 0 Å². The van der Waals surface area contributed by atoms with Crippen LogP contribution in [0.4, 0.5) is 0 Å². The molecule has 0 aromatic carbocycles. The molecule has 0 bridgehead atoms. The topological polar surface area (TPSA) is 89.9 Å². The average Bonchev–Trinajstić information content (AvgIpc) is 2.46. The first-order valence-corrected chi connectivity index (χ1v) is 7.56. The average molecular weight is 300 g/mol. The van der Waals surface area contributed by atoms with Crippen molar-refractivity contribution < 1.29 is 19.8 Å². The van der Waals surface area contributed by atoms with Crippen molar-refractivity contribution in [2.24, 2.45) is 0 Å². The Morgan fingerprint density at radius 2 is 1.90 bits per heavy atom. The van der Waals surface area contributed by atoms with Crippen LogP contribution in [0.15, 0.2) is 12.2 Å². The molecule has 6 heteroatoms. The molecule has 0 aliphatic heterocycles. The van der Waals surface area contributed by atoms with Gasteiger partial charge in [0.15, 0.2) is 0 Å². The third kappa shape index (κ3) is 13.3. The van der Waals surface area contributed by atoms with E-state index in [1.165, 1.54) is 0 Å². The van der Waals surface area contributed by atoms with Gasteiger partial charge in [0.2, 0.25) is 5.91 Å². The number of carbonyl (C=O) groups is 2. The molecule has 21 heavy (non-hydrogen) atoms. The normalized spacial score (nSPS) is 11.2. The molecular formula is C15H28N2O4. The van der Waals surface area contributed by atoms with Gasteiger partial charge in [-0.2, -0.15) is 0 Å². The Bertz CT molecular complexity index is 319. The number of rotatable bonds is 13. The summed E-state index contributed by atoms with van der Waals surface area (Å²) in [5, 5.41) is 20.3. The fourth-order valence-electron chi connectivity index (χ4n) is 1.77. The predicted molar refractivity (Wildman–Crippen MR) is 81.8 cm³/mol. The molecule has 0 saturated carbocycles. The summed E-state index contributed by atoms with van der Waals surface area (Å²) in [5.74, 6) is -0.887. The molecule has 0 atom stereocenters. The first-order valence-electron chi connectivity index (χ1n) is 7.56. The minimum Gasteiger partial charge on any atom is -0.481 e. The number of carbonyl (C=O) groups excluding carboxylic acids is 1. The van der Waals surface area contributed by atoms with E-state index in [9.17, 15) is 9.59 Å². The van der Waals surface area contributed by atoms with Crippen LogP contribution in [0.1, 0.15) is 45.4 Å². The van der Waals surface area contributed by atoms with E-state index in [1.54, 1.807) is 0 Å². The zero-order chi connectivity index (χ0) is 15.9. The molecule has 0 rings (SSSR count). The van der Waals surface area contributed by atoms with Crippen molar-refractivity contribution in [2.45, 2.75) is 45.4 Å². The lowest BCUT2D eigenvalue weighted by Gasteiger charge is -2.21. The number of nitrogens with one attached hydrogen (secondary N) is 1. The minimum atomic E-state index is -0.863. The Balaban J connectivity index is 3.88. The van der Waals surface area contributed by atoms with Crippen molar-refractivity contribution in [1.82, 2.24) is 10.2 Å². The molecule has 0 aromatic heterocycles. The molecule has 0 aromatic rings. The van der Waals surface area contributed by atoms with Crippen LogP contribution in [0.3, 0.4) is 0 Å². The van der Waals surface area contributed by atoms with Crippen molar-refractivity contribution in [3.05, 3.63) is 12.2 Å². The molecule has 1 amide bonds. The summed E-state index contributed by atoms with van der Waals surface area (Å²) in [4.78, 5) is 24.1. The summed E-state index contributed by atoms with van der Waals surface area (Å²) in [6.07, 6.45) is 7.95. The lowest BCUT2D eigenvalue weighted by molar-refractivity contribution is -0.137. The quantitative estimate of drug-likeness (QED) is 0.271. The zero-order valence-electron chi connectivity index (χ0n) is 12.9. The van der Waals surface area contributed by atoms with Crippen LogP contribution in [0, 0.1) is 0 Å². The standard InChI is InChI=1S/C15H28N2O4/c1-2-3-4-5-6-8-14(19)16-13-17(10-7-12-18)11-9-15(20)21/h3-4,18H,2,5-13H2,1H3,(H,16,19)(H,20,21)/b4-3+. The van der Waals surface area contributed by atoms with Crippen molar-refractivity contribution in [3.63, 3.8) is 0 Å². The van der Waals surface area contributed by atoms with Crippen molar-refractivity contribution in [2.75, 3.05) is 26.4 Å². The molecule has 0 aliphatic rings. The maximum atomic E-state index is 11.7. The highest BCUT2D eigenvalue weighted by atomic mass is 16.4. The summed E-state index contributed by atoms with van der Waals surface area (Å²) in [7, 11) is 0. The van der Waals surface area contributed by atoms with E-state index in [-0.39, 0.29) is 18.9 Å². The number of amides is 1. The van der Waals surface area contributed by atoms with Gasteiger partial charge in [-0.3, -0.25) is 14.5 Å². The summed E-state index contributed by atoms with van der Waals surface area (Å²) >= 11 is 0. The number of unbranched alkanes of at least 4 members (excludes halogenated alkanes) is 1. The lowest BCUT2D eigenvalue weighted by atomic mass is 10.2. The van der Waals surface area contributed by atoms with Gasteiger partial charge in [-0.25, -0.2) is 0 Å². The minimum absolute atomic E-state index is 0.0239. The molecular weight excluding hydrogens is 272 g/mol. The first kappa shape index (κ1) is 19.6. The van der Waals surface area contributed by atoms with Gasteiger partial charge in [0, 0.05) is 26.1 Å². The van der Waals surface area contributed by atoms with Crippen LogP contribution in [0.2, 0.25) is 0 Å². The first-order chi connectivity index (χ1) is 10.1. The van der Waals surface area contributed by atoms with Crippen LogP contribution >= 0.6 is 0 Å². The van der Waals surface area contributed by atoms with Gasteiger partial charge < -0.3 is 15.5 Å². The number of carboxylic acid groups (broad SMARTS) is 1. The van der Waals surface area contributed by atoms with Crippen molar-refractivity contribution in [1.29, 1.82) is 0 Å². The summed E-state index contributed by atoms with van der Waals surface area (Å²) in [6.45, 7) is 3.40. The molecule has 122 valence electrons.